The van der Waals surface area contributed by atoms with Gasteiger partial charge in [0.2, 0.25) is 0 Å². The topological polar surface area (TPSA) is 85.7 Å². The van der Waals surface area contributed by atoms with Crippen molar-refractivity contribution in [1.29, 1.82) is 0 Å². The molecule has 33 heavy (non-hydrogen) atoms. The lowest BCUT2D eigenvalue weighted by molar-refractivity contribution is -0.142. The second-order valence-corrected chi connectivity index (χ2v) is 9.34. The smallest absolute Gasteiger partial charge is 0.302 e. The summed E-state index contributed by atoms with van der Waals surface area (Å²) in [6, 6.07) is 7.95. The van der Waals surface area contributed by atoms with E-state index in [4.69, 9.17) is 14.5 Å². The number of piperidine rings is 1. The number of aryl methyl sites for hydroxylation is 1. The number of fused-ring (bicyclic) bond motifs is 1. The summed E-state index contributed by atoms with van der Waals surface area (Å²) in [5, 5.41) is 3.43. The van der Waals surface area contributed by atoms with Crippen molar-refractivity contribution in [3.8, 4) is 0 Å². The van der Waals surface area contributed by atoms with Gasteiger partial charge in [-0.25, -0.2) is 4.98 Å². The number of amides is 1. The molecule has 1 aliphatic heterocycles. The zero-order valence-corrected chi connectivity index (χ0v) is 20.4. The Hall–Kier alpha value is -2.45. The van der Waals surface area contributed by atoms with Crippen LogP contribution in [0.2, 0.25) is 0 Å². The van der Waals surface area contributed by atoms with E-state index in [2.05, 4.69) is 23.7 Å². The molecule has 1 saturated heterocycles. The highest BCUT2D eigenvalue weighted by atomic mass is 16.5. The summed E-state index contributed by atoms with van der Waals surface area (Å²) in [6.07, 6.45) is 2.64. The Bertz CT molecular complexity index is 926. The highest BCUT2D eigenvalue weighted by Gasteiger charge is 2.33. The van der Waals surface area contributed by atoms with Gasteiger partial charge in [-0.2, -0.15) is 0 Å². The number of hydrogen-bond donors (Lipinski definition) is 1. The van der Waals surface area contributed by atoms with Crippen molar-refractivity contribution >= 4 is 22.9 Å². The third kappa shape index (κ3) is 6.77. The van der Waals surface area contributed by atoms with Gasteiger partial charge < -0.3 is 24.3 Å². The van der Waals surface area contributed by atoms with Crippen LogP contribution in [0.5, 0.6) is 0 Å². The van der Waals surface area contributed by atoms with Gasteiger partial charge in [0.15, 0.2) is 5.82 Å². The Labute approximate surface area is 196 Å². The molecule has 182 valence electrons. The molecule has 2 heterocycles. The molecule has 2 aromatic rings. The van der Waals surface area contributed by atoms with Crippen molar-refractivity contribution in [3.05, 3.63) is 30.1 Å². The molecule has 0 aliphatic carbocycles. The molecular formula is C25H38N4O4. The first-order valence-electron chi connectivity index (χ1n) is 12.0. The third-order valence-corrected chi connectivity index (χ3v) is 6.03. The molecule has 2 unspecified atom stereocenters. The number of ether oxygens (including phenoxy) is 2. The van der Waals surface area contributed by atoms with Gasteiger partial charge in [0, 0.05) is 58.8 Å². The Morgan fingerprint density at radius 1 is 1.24 bits per heavy atom. The first-order chi connectivity index (χ1) is 15.9. The van der Waals surface area contributed by atoms with Gasteiger partial charge in [-0.1, -0.05) is 26.0 Å². The number of nitrogens with zero attached hydrogens (tertiary/aromatic N) is 3. The van der Waals surface area contributed by atoms with Gasteiger partial charge in [0.1, 0.15) is 0 Å². The van der Waals surface area contributed by atoms with E-state index in [9.17, 15) is 9.59 Å². The number of carbonyl (C=O) groups excluding carboxylic acids is 2. The number of nitrogens with one attached hydrogen (secondary N) is 1. The zero-order chi connectivity index (χ0) is 23.8. The maximum atomic E-state index is 13.9. The fourth-order valence-corrected chi connectivity index (χ4v) is 4.51. The maximum Gasteiger partial charge on any atom is 0.302 e. The summed E-state index contributed by atoms with van der Waals surface area (Å²) in [4.78, 5) is 31.9. The molecular weight excluding hydrogens is 420 g/mol. The Morgan fingerprint density at radius 3 is 2.76 bits per heavy atom. The Balaban J connectivity index is 1.86. The van der Waals surface area contributed by atoms with Crippen LogP contribution in [0.25, 0.3) is 11.0 Å². The van der Waals surface area contributed by atoms with Crippen LogP contribution in [-0.4, -0.2) is 72.3 Å². The molecule has 1 aromatic carbocycles. The number of carbonyl (C=O) groups is 2. The standard InChI is InChI=1S/C25H38N4O4/c1-18(2)16-29(21-13-20(14-26-15-21)17-33-19(3)30)25(31)24-27-22-9-5-6-10-23(22)28(24)11-7-8-12-32-4/h5-6,9-10,18,20-21,26H,7-8,11-17H2,1-4H3. The van der Waals surface area contributed by atoms with Crippen LogP contribution in [0.1, 0.15) is 50.7 Å². The molecule has 8 heteroatoms. The van der Waals surface area contributed by atoms with Crippen molar-refractivity contribution in [2.75, 3.05) is 40.0 Å². The molecule has 3 rings (SSSR count). The van der Waals surface area contributed by atoms with E-state index in [1.807, 2.05) is 29.2 Å². The van der Waals surface area contributed by atoms with Crippen molar-refractivity contribution in [1.82, 2.24) is 19.8 Å². The first kappa shape index (κ1) is 25.2. The van der Waals surface area contributed by atoms with E-state index in [0.717, 1.165) is 49.9 Å². The summed E-state index contributed by atoms with van der Waals surface area (Å²) in [5.41, 5.74) is 1.82. The molecule has 1 fully saturated rings. The maximum absolute atomic E-state index is 13.9. The molecule has 0 radical (unpaired) electrons. The Morgan fingerprint density at radius 2 is 2.03 bits per heavy atom. The lowest BCUT2D eigenvalue weighted by Gasteiger charge is -2.38. The molecule has 0 bridgehead atoms. The average Bonchev–Trinajstić information content (AvgIpc) is 3.17. The fraction of sp³-hybridized carbons (Fsp3) is 0.640. The average molecular weight is 459 g/mol. The second-order valence-electron chi connectivity index (χ2n) is 9.34. The van der Waals surface area contributed by atoms with Crippen LogP contribution in [0.15, 0.2) is 24.3 Å². The van der Waals surface area contributed by atoms with Crippen LogP contribution in [0.3, 0.4) is 0 Å². The van der Waals surface area contributed by atoms with Crippen molar-refractivity contribution in [2.45, 2.75) is 52.6 Å². The highest BCUT2D eigenvalue weighted by molar-refractivity contribution is 5.95. The number of para-hydroxylation sites is 2. The summed E-state index contributed by atoms with van der Waals surface area (Å²) in [7, 11) is 1.71. The molecule has 1 amide bonds. The largest absolute Gasteiger partial charge is 0.466 e. The van der Waals surface area contributed by atoms with Crippen LogP contribution in [-0.2, 0) is 20.8 Å². The van der Waals surface area contributed by atoms with Crippen LogP contribution < -0.4 is 5.32 Å². The normalized spacial score (nSPS) is 18.6. The van der Waals surface area contributed by atoms with E-state index in [1.165, 1.54) is 6.92 Å². The SMILES string of the molecule is COCCCCn1c(C(=O)N(CC(C)C)C2CNCC(COC(C)=O)C2)nc2ccccc21. The summed E-state index contributed by atoms with van der Waals surface area (Å²) < 4.78 is 12.5. The van der Waals surface area contributed by atoms with E-state index < -0.39 is 0 Å². The van der Waals surface area contributed by atoms with Crippen LogP contribution in [0.4, 0.5) is 0 Å². The first-order valence-corrected chi connectivity index (χ1v) is 12.0. The summed E-state index contributed by atoms with van der Waals surface area (Å²) in [5.74, 6) is 0.697. The summed E-state index contributed by atoms with van der Waals surface area (Å²) >= 11 is 0. The minimum Gasteiger partial charge on any atom is -0.466 e. The molecule has 8 nitrogen and oxygen atoms in total. The summed E-state index contributed by atoms with van der Waals surface area (Å²) in [6.45, 7) is 9.64. The quantitative estimate of drug-likeness (QED) is 0.411. The lowest BCUT2D eigenvalue weighted by Crippen LogP contribution is -2.53. The Kier molecular flexibility index (Phi) is 9.26. The van der Waals surface area contributed by atoms with Gasteiger partial charge in [0.05, 0.1) is 17.6 Å². The van der Waals surface area contributed by atoms with Crippen LogP contribution in [0, 0.1) is 11.8 Å². The number of aromatic nitrogens is 2. The van der Waals surface area contributed by atoms with Gasteiger partial charge in [-0.15, -0.1) is 0 Å². The van der Waals surface area contributed by atoms with Crippen molar-refractivity contribution < 1.29 is 19.1 Å². The van der Waals surface area contributed by atoms with Gasteiger partial charge >= 0.3 is 5.97 Å². The van der Waals surface area contributed by atoms with Gasteiger partial charge in [0.25, 0.3) is 5.91 Å². The number of imidazole rings is 1. The number of benzene rings is 1. The van der Waals surface area contributed by atoms with Gasteiger partial charge in [-0.3, -0.25) is 9.59 Å². The van der Waals surface area contributed by atoms with Crippen molar-refractivity contribution in [3.63, 3.8) is 0 Å². The number of hydrogen-bond acceptors (Lipinski definition) is 6. The second kappa shape index (κ2) is 12.1. The number of methoxy groups -OCH3 is 1. The third-order valence-electron chi connectivity index (χ3n) is 6.03. The molecule has 2 atom stereocenters. The van der Waals surface area contributed by atoms with E-state index in [-0.39, 0.29) is 23.8 Å². The number of unbranched alkanes of at least 4 members (excludes halogenated alkanes) is 1. The fourth-order valence-electron chi connectivity index (χ4n) is 4.51. The van der Waals surface area contributed by atoms with E-state index in [0.29, 0.717) is 31.5 Å². The highest BCUT2D eigenvalue weighted by Crippen LogP contribution is 2.23. The number of rotatable bonds is 11. The van der Waals surface area contributed by atoms with E-state index >= 15 is 0 Å². The monoisotopic (exact) mass is 458 g/mol. The minimum absolute atomic E-state index is 0.0240. The molecule has 0 spiro atoms. The predicted molar refractivity (Wildman–Crippen MR) is 128 cm³/mol. The van der Waals surface area contributed by atoms with E-state index in [1.54, 1.807) is 7.11 Å². The molecule has 1 N–H and O–H groups in total. The van der Waals surface area contributed by atoms with Crippen LogP contribution >= 0.6 is 0 Å². The number of esters is 1. The molecule has 1 aliphatic rings. The lowest BCUT2D eigenvalue weighted by atomic mass is 9.94. The zero-order valence-electron chi connectivity index (χ0n) is 20.4. The molecule has 0 saturated carbocycles. The van der Waals surface area contributed by atoms with Gasteiger partial charge in [-0.05, 0) is 37.3 Å². The minimum atomic E-state index is -0.269. The predicted octanol–water partition coefficient (Wildman–Crippen LogP) is 3.10. The van der Waals surface area contributed by atoms with Crippen molar-refractivity contribution in [2.24, 2.45) is 11.8 Å². The molecule has 1 aromatic heterocycles.